The van der Waals surface area contributed by atoms with E-state index in [1.54, 1.807) is 0 Å². The Kier molecular flexibility index (Phi) is 1.59. The largest absolute Gasteiger partial charge is 0.488 e. The molecule has 0 atom stereocenters. The van der Waals surface area contributed by atoms with Crippen LogP contribution in [0.3, 0.4) is 0 Å². The Morgan fingerprint density at radius 1 is 1.60 bits per heavy atom. The lowest BCUT2D eigenvalue weighted by Gasteiger charge is -2.15. The molecular weight excluding hydrogens is 124 g/mol. The first-order valence-electron chi connectivity index (χ1n) is 3.58. The van der Waals surface area contributed by atoms with Gasteiger partial charge in [-0.15, -0.1) is 0 Å². The Labute approximate surface area is 62.4 Å². The highest BCUT2D eigenvalue weighted by atomic mass is 16.5. The second-order valence-electron chi connectivity index (χ2n) is 3.30. The molecule has 0 aromatic heterocycles. The fraction of sp³-hybridized carbons (Fsp3) is 0.556. The molecule has 1 heterocycles. The molecule has 1 heteroatoms. The number of ether oxygens (including phenoxy) is 1. The van der Waals surface area contributed by atoms with E-state index >= 15 is 0 Å². The predicted octanol–water partition coefficient (Wildman–Crippen LogP) is 2.65. The molecule has 0 saturated carbocycles. The summed E-state index contributed by atoms with van der Waals surface area (Å²) in [5.41, 5.74) is 1.09. The molecule has 0 aromatic carbocycles. The van der Waals surface area contributed by atoms with E-state index in [9.17, 15) is 0 Å². The molecule has 0 radical (unpaired) electrons. The Balaban J connectivity index is 2.81. The van der Waals surface area contributed by atoms with E-state index in [1.807, 2.05) is 13.0 Å². The molecule has 1 rings (SSSR count). The quantitative estimate of drug-likeness (QED) is 0.500. The standard InChI is InChI=1S/C9H14O/c1-5-8-7(2)6-9(3,4)10-8/h5H,2,6H2,1,3-4H3. The molecule has 0 aliphatic carbocycles. The third-order valence-electron chi connectivity index (χ3n) is 1.64. The van der Waals surface area contributed by atoms with E-state index in [2.05, 4.69) is 20.4 Å². The summed E-state index contributed by atoms with van der Waals surface area (Å²) in [5.74, 6) is 0.963. The maximum Gasteiger partial charge on any atom is 0.118 e. The van der Waals surface area contributed by atoms with Crippen LogP contribution in [0.1, 0.15) is 27.2 Å². The summed E-state index contributed by atoms with van der Waals surface area (Å²) in [6.45, 7) is 10.0. The van der Waals surface area contributed by atoms with Crippen LogP contribution in [0, 0.1) is 0 Å². The zero-order valence-electron chi connectivity index (χ0n) is 6.90. The van der Waals surface area contributed by atoms with Gasteiger partial charge in [0.15, 0.2) is 0 Å². The molecule has 1 saturated heterocycles. The summed E-state index contributed by atoms with van der Waals surface area (Å²) in [5, 5.41) is 0. The van der Waals surface area contributed by atoms with Gasteiger partial charge < -0.3 is 4.74 Å². The molecule has 0 bridgehead atoms. The van der Waals surface area contributed by atoms with Crippen LogP contribution in [0.4, 0.5) is 0 Å². The second-order valence-corrected chi connectivity index (χ2v) is 3.30. The van der Waals surface area contributed by atoms with Gasteiger partial charge in [-0.25, -0.2) is 0 Å². The normalized spacial score (nSPS) is 27.1. The van der Waals surface area contributed by atoms with Crippen molar-refractivity contribution in [1.29, 1.82) is 0 Å². The van der Waals surface area contributed by atoms with Gasteiger partial charge in [0.1, 0.15) is 11.4 Å². The number of allylic oxidation sites excluding steroid dienone is 2. The van der Waals surface area contributed by atoms with Crippen molar-refractivity contribution in [2.45, 2.75) is 32.8 Å². The molecule has 10 heavy (non-hydrogen) atoms. The number of hydrogen-bond acceptors (Lipinski definition) is 1. The van der Waals surface area contributed by atoms with Crippen LogP contribution in [0.25, 0.3) is 0 Å². The summed E-state index contributed by atoms with van der Waals surface area (Å²) in [6.07, 6.45) is 2.92. The summed E-state index contributed by atoms with van der Waals surface area (Å²) in [7, 11) is 0. The number of rotatable bonds is 0. The van der Waals surface area contributed by atoms with E-state index in [0.29, 0.717) is 0 Å². The van der Waals surface area contributed by atoms with E-state index in [0.717, 1.165) is 17.8 Å². The van der Waals surface area contributed by atoms with Crippen molar-refractivity contribution in [3.05, 3.63) is 24.0 Å². The zero-order valence-corrected chi connectivity index (χ0v) is 6.90. The van der Waals surface area contributed by atoms with E-state index in [1.165, 1.54) is 0 Å². The summed E-state index contributed by atoms with van der Waals surface area (Å²) < 4.78 is 5.57. The molecule has 0 amide bonds. The average Bonchev–Trinajstić information content (AvgIpc) is 2.05. The fourth-order valence-corrected chi connectivity index (χ4v) is 1.27. The van der Waals surface area contributed by atoms with Crippen LogP contribution in [0.5, 0.6) is 0 Å². The average molecular weight is 138 g/mol. The van der Waals surface area contributed by atoms with Crippen molar-refractivity contribution in [2.75, 3.05) is 0 Å². The van der Waals surface area contributed by atoms with Gasteiger partial charge in [0, 0.05) is 6.42 Å². The van der Waals surface area contributed by atoms with Crippen LogP contribution in [0.15, 0.2) is 24.0 Å². The van der Waals surface area contributed by atoms with Crippen LogP contribution >= 0.6 is 0 Å². The Morgan fingerprint density at radius 2 is 2.20 bits per heavy atom. The van der Waals surface area contributed by atoms with Gasteiger partial charge in [-0.2, -0.15) is 0 Å². The minimum Gasteiger partial charge on any atom is -0.488 e. The third kappa shape index (κ3) is 1.23. The first kappa shape index (κ1) is 7.39. The monoisotopic (exact) mass is 138 g/mol. The van der Waals surface area contributed by atoms with E-state index < -0.39 is 0 Å². The Morgan fingerprint density at radius 3 is 2.40 bits per heavy atom. The highest BCUT2D eigenvalue weighted by Gasteiger charge is 2.30. The predicted molar refractivity (Wildman–Crippen MR) is 42.7 cm³/mol. The lowest BCUT2D eigenvalue weighted by atomic mass is 10.0. The van der Waals surface area contributed by atoms with Gasteiger partial charge >= 0.3 is 0 Å². The lowest BCUT2D eigenvalue weighted by Crippen LogP contribution is -2.15. The molecule has 0 spiro atoms. The van der Waals surface area contributed by atoms with Crippen molar-refractivity contribution >= 4 is 0 Å². The zero-order chi connectivity index (χ0) is 7.78. The molecule has 0 N–H and O–H groups in total. The Bertz CT molecular complexity index is 187. The van der Waals surface area contributed by atoms with E-state index in [4.69, 9.17) is 4.74 Å². The van der Waals surface area contributed by atoms with Crippen molar-refractivity contribution in [1.82, 2.24) is 0 Å². The minimum absolute atomic E-state index is 0.0288. The van der Waals surface area contributed by atoms with Gasteiger partial charge in [0.05, 0.1) is 0 Å². The summed E-state index contributed by atoms with van der Waals surface area (Å²) in [4.78, 5) is 0. The molecule has 1 aliphatic rings. The first-order valence-corrected chi connectivity index (χ1v) is 3.58. The Hall–Kier alpha value is -0.720. The van der Waals surface area contributed by atoms with Crippen molar-refractivity contribution in [3.63, 3.8) is 0 Å². The third-order valence-corrected chi connectivity index (χ3v) is 1.64. The summed E-state index contributed by atoms with van der Waals surface area (Å²) >= 11 is 0. The maximum atomic E-state index is 5.57. The van der Waals surface area contributed by atoms with Gasteiger partial charge in [-0.3, -0.25) is 0 Å². The van der Waals surface area contributed by atoms with Gasteiger partial charge in [0.25, 0.3) is 0 Å². The van der Waals surface area contributed by atoms with Crippen molar-refractivity contribution in [2.24, 2.45) is 0 Å². The van der Waals surface area contributed by atoms with Gasteiger partial charge in [-0.1, -0.05) is 6.58 Å². The molecule has 0 aromatic rings. The van der Waals surface area contributed by atoms with E-state index in [-0.39, 0.29) is 5.60 Å². The topological polar surface area (TPSA) is 9.23 Å². The molecule has 1 nitrogen and oxygen atoms in total. The lowest BCUT2D eigenvalue weighted by molar-refractivity contribution is 0.0764. The molecule has 1 fully saturated rings. The molecular formula is C9H14O. The fourth-order valence-electron chi connectivity index (χ4n) is 1.27. The van der Waals surface area contributed by atoms with Crippen LogP contribution in [-0.2, 0) is 4.74 Å². The molecule has 0 unspecified atom stereocenters. The molecule has 56 valence electrons. The SMILES string of the molecule is C=C1CC(C)(C)OC1=CC. The summed E-state index contributed by atoms with van der Waals surface area (Å²) in [6, 6.07) is 0. The maximum absolute atomic E-state index is 5.57. The van der Waals surface area contributed by atoms with Crippen LogP contribution < -0.4 is 0 Å². The van der Waals surface area contributed by atoms with Gasteiger partial charge in [0.2, 0.25) is 0 Å². The minimum atomic E-state index is -0.0288. The van der Waals surface area contributed by atoms with Crippen molar-refractivity contribution in [3.8, 4) is 0 Å². The number of hydrogen-bond donors (Lipinski definition) is 0. The first-order chi connectivity index (χ1) is 4.55. The molecule has 1 aliphatic heterocycles. The van der Waals surface area contributed by atoms with Crippen LogP contribution in [-0.4, -0.2) is 5.60 Å². The highest BCUT2D eigenvalue weighted by molar-refractivity contribution is 5.28. The van der Waals surface area contributed by atoms with Crippen LogP contribution in [0.2, 0.25) is 0 Å². The van der Waals surface area contributed by atoms with Gasteiger partial charge in [-0.05, 0) is 32.4 Å². The second kappa shape index (κ2) is 2.15. The highest BCUT2D eigenvalue weighted by Crippen LogP contribution is 2.35. The van der Waals surface area contributed by atoms with Crippen molar-refractivity contribution < 1.29 is 4.74 Å². The smallest absolute Gasteiger partial charge is 0.118 e.